The number of carbonyl (C=O) groups is 1. The van der Waals surface area contributed by atoms with Gasteiger partial charge in [-0.1, -0.05) is 205 Å². The summed E-state index contributed by atoms with van der Waals surface area (Å²) in [5, 5.41) is 54.2. The fourth-order valence-corrected chi connectivity index (χ4v) is 7.64. The first kappa shape index (κ1) is 53.7. The van der Waals surface area contributed by atoms with Gasteiger partial charge >= 0.3 is 0 Å². The molecule has 0 aliphatic carbocycles. The van der Waals surface area contributed by atoms with Crippen LogP contribution in [0.2, 0.25) is 0 Å². The Kier molecular flexibility index (Phi) is 36.6. The molecule has 9 nitrogen and oxygen atoms in total. The van der Waals surface area contributed by atoms with Crippen molar-refractivity contribution in [2.75, 3.05) is 13.2 Å². The van der Waals surface area contributed by atoms with E-state index < -0.39 is 49.5 Å². The van der Waals surface area contributed by atoms with Crippen LogP contribution in [0, 0.1) is 0 Å². The predicted octanol–water partition coefficient (Wildman–Crippen LogP) is 10.3. The Morgan fingerprint density at radius 2 is 1.00 bits per heavy atom. The fourth-order valence-electron chi connectivity index (χ4n) is 7.64. The molecule has 0 aromatic heterocycles. The van der Waals surface area contributed by atoms with Gasteiger partial charge in [0.2, 0.25) is 5.91 Å². The quantitative estimate of drug-likeness (QED) is 0.0265. The highest BCUT2D eigenvalue weighted by Crippen LogP contribution is 2.23. The van der Waals surface area contributed by atoms with E-state index >= 15 is 0 Å². The third-order valence-electron chi connectivity index (χ3n) is 11.5. The summed E-state index contributed by atoms with van der Waals surface area (Å²) in [6.07, 6.45) is 39.4. The number of amides is 1. The standard InChI is InChI=1S/C48H91NO8/c1-3-5-7-9-11-13-15-17-19-20-21-22-23-24-26-28-30-32-34-36-38-44(52)49-41(40-56-48-47(55)46(54)45(53)43(39-50)57-48)42(51)37-35-33-31-29-27-25-18-16-14-12-10-8-6-4-2/h27,29,35,37,41-43,45-48,50-51,53-55H,3-26,28,30-34,36,38-40H2,1-2H3,(H,49,52)/b29-27+,37-35+/t41-,42+,43-,45-,46?,47?,48-/m0/s1. The van der Waals surface area contributed by atoms with Gasteiger partial charge in [-0.3, -0.25) is 4.79 Å². The molecule has 9 heteroatoms. The molecule has 57 heavy (non-hydrogen) atoms. The van der Waals surface area contributed by atoms with Crippen molar-refractivity contribution < 1.29 is 39.8 Å². The summed E-state index contributed by atoms with van der Waals surface area (Å²) in [5.74, 6) is -0.184. The van der Waals surface area contributed by atoms with Gasteiger partial charge in [0.1, 0.15) is 24.4 Å². The maximum absolute atomic E-state index is 13.0. The first-order valence-electron chi connectivity index (χ1n) is 24.1. The van der Waals surface area contributed by atoms with Crippen LogP contribution in [0.4, 0.5) is 0 Å². The minimum absolute atomic E-state index is 0.184. The molecule has 0 radical (unpaired) electrons. The molecule has 6 N–H and O–H groups in total. The molecule has 0 aromatic carbocycles. The molecule has 1 amide bonds. The number of rotatable bonds is 40. The van der Waals surface area contributed by atoms with Crippen LogP contribution in [0.25, 0.3) is 0 Å². The van der Waals surface area contributed by atoms with E-state index in [1.54, 1.807) is 6.08 Å². The maximum Gasteiger partial charge on any atom is 0.220 e. The van der Waals surface area contributed by atoms with E-state index in [2.05, 4.69) is 31.3 Å². The van der Waals surface area contributed by atoms with E-state index in [1.807, 2.05) is 6.08 Å². The zero-order chi connectivity index (χ0) is 41.6. The van der Waals surface area contributed by atoms with Crippen LogP contribution in [0.5, 0.6) is 0 Å². The SMILES string of the molecule is CCCCCCCCCC/C=C/CC/C=C/[C@@H](O)[C@H](CO[C@H]1O[C@@H](CO)[C@H](O)C(O)C1O)NC(=O)CCCCCCCCCCCCCCCCCCCCCC. The van der Waals surface area contributed by atoms with Crippen molar-refractivity contribution in [1.29, 1.82) is 0 Å². The monoisotopic (exact) mass is 810 g/mol. The second-order valence-corrected chi connectivity index (χ2v) is 16.9. The summed E-state index contributed by atoms with van der Waals surface area (Å²) in [6, 6.07) is -0.816. The average molecular weight is 810 g/mol. The van der Waals surface area contributed by atoms with E-state index in [0.717, 1.165) is 38.5 Å². The van der Waals surface area contributed by atoms with E-state index in [4.69, 9.17) is 9.47 Å². The first-order chi connectivity index (χ1) is 27.8. The normalized spacial score (nSPS) is 21.1. The summed E-state index contributed by atoms with van der Waals surface area (Å²) in [4.78, 5) is 13.0. The molecule has 1 rings (SSSR count). The third kappa shape index (κ3) is 29.5. The van der Waals surface area contributed by atoms with Crippen LogP contribution >= 0.6 is 0 Å². The molecule has 0 spiro atoms. The van der Waals surface area contributed by atoms with Gasteiger partial charge in [0.05, 0.1) is 25.4 Å². The predicted molar refractivity (Wildman–Crippen MR) is 235 cm³/mol. The van der Waals surface area contributed by atoms with Crippen LogP contribution in [0.15, 0.2) is 24.3 Å². The lowest BCUT2D eigenvalue weighted by molar-refractivity contribution is -0.302. The first-order valence-corrected chi connectivity index (χ1v) is 24.1. The number of nitrogens with one attached hydrogen (secondary N) is 1. The Balaban J connectivity index is 2.32. The molecule has 1 aliphatic rings. The van der Waals surface area contributed by atoms with Crippen molar-refractivity contribution in [3.05, 3.63) is 24.3 Å². The molecular weight excluding hydrogens is 719 g/mol. The van der Waals surface area contributed by atoms with Gasteiger partial charge in [0.25, 0.3) is 0 Å². The Morgan fingerprint density at radius 3 is 1.47 bits per heavy atom. The van der Waals surface area contributed by atoms with E-state index in [0.29, 0.717) is 6.42 Å². The molecule has 1 aliphatic heterocycles. The highest BCUT2D eigenvalue weighted by molar-refractivity contribution is 5.76. The maximum atomic E-state index is 13.0. The Bertz CT molecular complexity index is 945. The summed E-state index contributed by atoms with van der Waals surface area (Å²) >= 11 is 0. The number of hydrogen-bond donors (Lipinski definition) is 6. The molecule has 336 valence electrons. The Morgan fingerprint density at radius 1 is 0.579 bits per heavy atom. The number of carbonyl (C=O) groups excluding carboxylic acids is 1. The van der Waals surface area contributed by atoms with Gasteiger partial charge in [-0.15, -0.1) is 0 Å². The lowest BCUT2D eigenvalue weighted by Gasteiger charge is -2.40. The largest absolute Gasteiger partial charge is 0.394 e. The molecule has 2 unspecified atom stereocenters. The number of aliphatic hydroxyl groups excluding tert-OH is 5. The Labute approximate surface area is 349 Å². The van der Waals surface area contributed by atoms with Gasteiger partial charge in [-0.2, -0.15) is 0 Å². The van der Waals surface area contributed by atoms with Crippen molar-refractivity contribution in [2.45, 2.75) is 262 Å². The van der Waals surface area contributed by atoms with E-state index in [1.165, 1.54) is 161 Å². The van der Waals surface area contributed by atoms with Crippen LogP contribution < -0.4 is 5.32 Å². The minimum atomic E-state index is -1.57. The van der Waals surface area contributed by atoms with Crippen molar-refractivity contribution in [3.63, 3.8) is 0 Å². The molecule has 1 saturated heterocycles. The number of unbranched alkanes of at least 4 members (excludes halogenated alkanes) is 28. The number of aliphatic hydroxyl groups is 5. The molecule has 1 fully saturated rings. The summed E-state index contributed by atoms with van der Waals surface area (Å²) < 4.78 is 11.2. The lowest BCUT2D eigenvalue weighted by Crippen LogP contribution is -2.60. The van der Waals surface area contributed by atoms with Gasteiger partial charge in [0, 0.05) is 6.42 Å². The second kappa shape index (κ2) is 38.8. The van der Waals surface area contributed by atoms with Crippen LogP contribution in [0.1, 0.15) is 219 Å². The minimum Gasteiger partial charge on any atom is -0.394 e. The average Bonchev–Trinajstić information content (AvgIpc) is 3.21. The third-order valence-corrected chi connectivity index (χ3v) is 11.5. The summed E-state index contributed by atoms with van der Waals surface area (Å²) in [7, 11) is 0. The van der Waals surface area contributed by atoms with Crippen LogP contribution in [-0.4, -0.2) is 87.5 Å². The van der Waals surface area contributed by atoms with Crippen molar-refractivity contribution in [2.24, 2.45) is 0 Å². The van der Waals surface area contributed by atoms with Gasteiger partial charge in [-0.25, -0.2) is 0 Å². The molecular formula is C48H91NO8. The zero-order valence-electron chi connectivity index (χ0n) is 36.9. The number of allylic oxidation sites excluding steroid dienone is 3. The molecule has 1 heterocycles. The lowest BCUT2D eigenvalue weighted by atomic mass is 9.99. The van der Waals surface area contributed by atoms with Gasteiger partial charge in [-0.05, 0) is 32.1 Å². The fraction of sp³-hybridized carbons (Fsp3) is 0.896. The van der Waals surface area contributed by atoms with Crippen molar-refractivity contribution in [1.82, 2.24) is 5.32 Å². The Hall–Kier alpha value is -1.33. The second-order valence-electron chi connectivity index (χ2n) is 16.9. The summed E-state index contributed by atoms with van der Waals surface area (Å²) in [6.45, 7) is 3.76. The highest BCUT2D eigenvalue weighted by Gasteiger charge is 2.44. The van der Waals surface area contributed by atoms with Gasteiger partial charge in [0.15, 0.2) is 6.29 Å². The number of hydrogen-bond acceptors (Lipinski definition) is 8. The van der Waals surface area contributed by atoms with Crippen LogP contribution in [0.3, 0.4) is 0 Å². The molecule has 0 aromatic rings. The smallest absolute Gasteiger partial charge is 0.220 e. The molecule has 7 atom stereocenters. The van der Waals surface area contributed by atoms with Crippen molar-refractivity contribution >= 4 is 5.91 Å². The van der Waals surface area contributed by atoms with Crippen LogP contribution in [-0.2, 0) is 14.3 Å². The number of ether oxygens (including phenoxy) is 2. The van der Waals surface area contributed by atoms with Gasteiger partial charge < -0.3 is 40.3 Å². The summed E-state index contributed by atoms with van der Waals surface area (Å²) in [5.41, 5.74) is 0. The van der Waals surface area contributed by atoms with Crippen molar-refractivity contribution in [3.8, 4) is 0 Å². The van der Waals surface area contributed by atoms with E-state index in [-0.39, 0.29) is 12.5 Å². The molecule has 0 bridgehead atoms. The zero-order valence-corrected chi connectivity index (χ0v) is 36.9. The van der Waals surface area contributed by atoms with E-state index in [9.17, 15) is 30.3 Å². The highest BCUT2D eigenvalue weighted by atomic mass is 16.7. The topological polar surface area (TPSA) is 149 Å². The molecule has 0 saturated carbocycles.